The van der Waals surface area contributed by atoms with Crippen LogP contribution in [0.3, 0.4) is 0 Å². The minimum absolute atomic E-state index is 0.192. The van der Waals surface area contributed by atoms with E-state index < -0.39 is 11.2 Å². The molecule has 1 aliphatic heterocycles. The molecule has 0 spiro atoms. The van der Waals surface area contributed by atoms with Crippen molar-refractivity contribution >= 4 is 34.5 Å². The van der Waals surface area contributed by atoms with Gasteiger partial charge in [-0.3, -0.25) is 9.59 Å². The molecule has 2 N–H and O–H groups in total. The Morgan fingerprint density at radius 3 is 2.58 bits per heavy atom. The van der Waals surface area contributed by atoms with Crippen molar-refractivity contribution < 1.29 is 14.7 Å². The lowest BCUT2D eigenvalue weighted by Gasteiger charge is -2.01. The Morgan fingerprint density at radius 1 is 1.37 bits per heavy atom. The Labute approximate surface area is 115 Å². The van der Waals surface area contributed by atoms with Gasteiger partial charge in [-0.05, 0) is 37.1 Å². The highest BCUT2D eigenvalue weighted by atomic mass is 32.2. The van der Waals surface area contributed by atoms with E-state index in [2.05, 4.69) is 10.3 Å². The average Bonchev–Trinajstić information content (AvgIpc) is 2.56. The summed E-state index contributed by atoms with van der Waals surface area (Å²) >= 11 is 1.16. The number of carbonyl (C=O) groups excluding carboxylic acids is 1. The molecule has 1 atom stereocenters. The number of aryl methyl sites for hydroxylation is 2. The first kappa shape index (κ1) is 13.6. The quantitative estimate of drug-likeness (QED) is 0.886. The van der Waals surface area contributed by atoms with Gasteiger partial charge < -0.3 is 10.4 Å². The van der Waals surface area contributed by atoms with Crippen LogP contribution in [0.5, 0.6) is 0 Å². The number of hydrogen-bond donors (Lipinski definition) is 2. The van der Waals surface area contributed by atoms with Crippen molar-refractivity contribution in [1.29, 1.82) is 0 Å². The Morgan fingerprint density at radius 2 is 2.00 bits per heavy atom. The summed E-state index contributed by atoms with van der Waals surface area (Å²) in [5.41, 5.74) is 2.95. The maximum atomic E-state index is 11.6. The van der Waals surface area contributed by atoms with E-state index in [4.69, 9.17) is 5.11 Å². The molecule has 1 aromatic carbocycles. The normalized spacial score (nSPS) is 20.6. The second kappa shape index (κ2) is 5.44. The summed E-state index contributed by atoms with van der Waals surface area (Å²) in [5, 5.41) is 11.2. The lowest BCUT2D eigenvalue weighted by molar-refractivity contribution is -0.138. The highest BCUT2D eigenvalue weighted by molar-refractivity contribution is 8.15. The summed E-state index contributed by atoms with van der Waals surface area (Å²) in [7, 11) is 0. The molecule has 0 unspecified atom stereocenters. The smallest absolute Gasteiger partial charge is 0.305 e. The number of nitrogens with zero attached hydrogens (tertiary/aromatic N) is 1. The molecule has 1 fully saturated rings. The number of carbonyl (C=O) groups is 2. The van der Waals surface area contributed by atoms with Crippen molar-refractivity contribution in [2.24, 2.45) is 4.99 Å². The third kappa shape index (κ3) is 3.57. The van der Waals surface area contributed by atoms with Gasteiger partial charge in [0, 0.05) is 0 Å². The van der Waals surface area contributed by atoms with Gasteiger partial charge in [-0.1, -0.05) is 17.8 Å². The number of amidine groups is 1. The second-order valence-electron chi connectivity index (χ2n) is 4.46. The van der Waals surface area contributed by atoms with E-state index in [1.165, 1.54) is 0 Å². The number of aliphatic imine (C=N–C) groups is 1. The van der Waals surface area contributed by atoms with E-state index in [9.17, 15) is 9.59 Å². The predicted molar refractivity (Wildman–Crippen MR) is 74.8 cm³/mol. The standard InChI is InChI=1S/C13H14N2O3S/c1-7-3-8(2)5-9(4-7)14-13-15-12(18)10(19-13)6-11(16)17/h3-5,10H,6H2,1-2H3,(H,16,17)(H,14,15,18)/t10-/m1/s1. The van der Waals surface area contributed by atoms with Crippen LogP contribution in [0.4, 0.5) is 5.69 Å². The third-order valence-electron chi connectivity index (χ3n) is 2.57. The van der Waals surface area contributed by atoms with Crippen molar-refractivity contribution in [2.75, 3.05) is 0 Å². The van der Waals surface area contributed by atoms with Gasteiger partial charge in [0.05, 0.1) is 12.1 Å². The maximum Gasteiger partial charge on any atom is 0.305 e. The molecular formula is C13H14N2O3S. The van der Waals surface area contributed by atoms with Gasteiger partial charge in [-0.15, -0.1) is 0 Å². The minimum Gasteiger partial charge on any atom is -0.481 e. The van der Waals surface area contributed by atoms with Crippen molar-refractivity contribution in [3.05, 3.63) is 29.3 Å². The zero-order valence-corrected chi connectivity index (χ0v) is 11.5. The molecule has 0 bridgehead atoms. The summed E-state index contributed by atoms with van der Waals surface area (Å²) < 4.78 is 0. The van der Waals surface area contributed by atoms with Gasteiger partial charge in [0.1, 0.15) is 5.25 Å². The first-order chi connectivity index (χ1) is 8.94. The first-order valence-electron chi connectivity index (χ1n) is 5.80. The molecular weight excluding hydrogens is 264 g/mol. The fourth-order valence-electron chi connectivity index (χ4n) is 1.88. The number of carboxylic acid groups (broad SMARTS) is 1. The zero-order chi connectivity index (χ0) is 14.0. The van der Waals surface area contributed by atoms with Gasteiger partial charge in [0.15, 0.2) is 5.17 Å². The number of hydrogen-bond acceptors (Lipinski definition) is 4. The summed E-state index contributed by atoms with van der Waals surface area (Å²) in [6.07, 6.45) is -0.192. The summed E-state index contributed by atoms with van der Waals surface area (Å²) in [5.74, 6) is -1.28. The van der Waals surface area contributed by atoms with Crippen molar-refractivity contribution in [1.82, 2.24) is 5.32 Å². The van der Waals surface area contributed by atoms with Gasteiger partial charge in [0.25, 0.3) is 0 Å². The van der Waals surface area contributed by atoms with Crippen LogP contribution in [0.15, 0.2) is 23.2 Å². The lowest BCUT2D eigenvalue weighted by Crippen LogP contribution is -2.26. The van der Waals surface area contributed by atoms with E-state index in [-0.39, 0.29) is 12.3 Å². The summed E-state index contributed by atoms with van der Waals surface area (Å²) in [6, 6.07) is 5.87. The number of benzene rings is 1. The van der Waals surface area contributed by atoms with Crippen molar-refractivity contribution in [3.8, 4) is 0 Å². The van der Waals surface area contributed by atoms with E-state index >= 15 is 0 Å². The zero-order valence-electron chi connectivity index (χ0n) is 10.6. The van der Waals surface area contributed by atoms with Crippen LogP contribution in [0, 0.1) is 13.8 Å². The number of aliphatic carboxylic acids is 1. The van der Waals surface area contributed by atoms with Gasteiger partial charge in [-0.2, -0.15) is 0 Å². The molecule has 1 heterocycles. The molecule has 0 aliphatic carbocycles. The van der Waals surface area contributed by atoms with E-state index in [1.807, 2.05) is 32.0 Å². The monoisotopic (exact) mass is 278 g/mol. The highest BCUT2D eigenvalue weighted by Crippen LogP contribution is 2.26. The first-order valence-corrected chi connectivity index (χ1v) is 6.68. The fourth-order valence-corrected chi connectivity index (χ4v) is 2.86. The molecule has 1 amide bonds. The number of carboxylic acids is 1. The van der Waals surface area contributed by atoms with Crippen LogP contribution in [0.1, 0.15) is 17.5 Å². The fraction of sp³-hybridized carbons (Fsp3) is 0.308. The van der Waals surface area contributed by atoms with Gasteiger partial charge >= 0.3 is 5.97 Å². The molecule has 1 saturated heterocycles. The minimum atomic E-state index is -0.986. The van der Waals surface area contributed by atoms with Crippen LogP contribution < -0.4 is 5.32 Å². The number of amides is 1. The predicted octanol–water partition coefficient (Wildman–Crippen LogP) is 2.00. The second-order valence-corrected chi connectivity index (χ2v) is 5.65. The third-order valence-corrected chi connectivity index (χ3v) is 3.66. The molecule has 6 heteroatoms. The van der Waals surface area contributed by atoms with Crippen LogP contribution in [-0.2, 0) is 9.59 Å². The van der Waals surface area contributed by atoms with Crippen LogP contribution in [0.25, 0.3) is 0 Å². The molecule has 100 valence electrons. The average molecular weight is 278 g/mol. The SMILES string of the molecule is Cc1cc(C)cc(N=C2NC(=O)[C@@H](CC(=O)O)S2)c1. The molecule has 0 aromatic heterocycles. The van der Waals surface area contributed by atoms with Crippen LogP contribution in [-0.4, -0.2) is 27.4 Å². The molecule has 1 aromatic rings. The van der Waals surface area contributed by atoms with E-state index in [0.29, 0.717) is 5.17 Å². The molecule has 5 nitrogen and oxygen atoms in total. The van der Waals surface area contributed by atoms with Crippen LogP contribution in [0.2, 0.25) is 0 Å². The largest absolute Gasteiger partial charge is 0.481 e. The Bertz CT molecular complexity index is 549. The van der Waals surface area contributed by atoms with Gasteiger partial charge in [0.2, 0.25) is 5.91 Å². The van der Waals surface area contributed by atoms with Crippen LogP contribution >= 0.6 is 11.8 Å². The van der Waals surface area contributed by atoms with Crippen molar-refractivity contribution in [2.45, 2.75) is 25.5 Å². The topological polar surface area (TPSA) is 78.8 Å². The summed E-state index contributed by atoms with van der Waals surface area (Å²) in [4.78, 5) is 26.5. The number of thioether (sulfide) groups is 1. The Balaban J connectivity index is 2.17. The molecule has 0 radical (unpaired) electrons. The number of rotatable bonds is 3. The molecule has 19 heavy (non-hydrogen) atoms. The maximum absolute atomic E-state index is 11.6. The highest BCUT2D eigenvalue weighted by Gasteiger charge is 2.31. The molecule has 2 rings (SSSR count). The molecule has 1 aliphatic rings. The van der Waals surface area contributed by atoms with E-state index in [1.54, 1.807) is 0 Å². The Hall–Kier alpha value is -1.82. The summed E-state index contributed by atoms with van der Waals surface area (Å²) in [6.45, 7) is 3.95. The number of nitrogens with one attached hydrogen (secondary N) is 1. The van der Waals surface area contributed by atoms with Crippen molar-refractivity contribution in [3.63, 3.8) is 0 Å². The van der Waals surface area contributed by atoms with Gasteiger partial charge in [-0.25, -0.2) is 4.99 Å². The molecule has 0 saturated carbocycles. The lowest BCUT2D eigenvalue weighted by atomic mass is 10.1. The van der Waals surface area contributed by atoms with E-state index in [0.717, 1.165) is 28.6 Å². The Kier molecular flexibility index (Phi) is 3.90.